The van der Waals surface area contributed by atoms with Crippen molar-refractivity contribution in [3.8, 4) is 0 Å². The van der Waals surface area contributed by atoms with Crippen LogP contribution in [0.5, 0.6) is 0 Å². The van der Waals surface area contributed by atoms with Gasteiger partial charge in [-0.2, -0.15) is 13.2 Å². The highest BCUT2D eigenvalue weighted by Gasteiger charge is 2.33. The summed E-state index contributed by atoms with van der Waals surface area (Å²) in [6, 6.07) is 5.47. The number of aromatic nitrogens is 3. The first kappa shape index (κ1) is 21.3. The fourth-order valence-corrected chi connectivity index (χ4v) is 3.81. The molecule has 0 saturated heterocycles. The van der Waals surface area contributed by atoms with Gasteiger partial charge in [0.05, 0.1) is 23.3 Å². The topological polar surface area (TPSA) is 43.1 Å². The van der Waals surface area contributed by atoms with E-state index in [9.17, 15) is 13.2 Å². The maximum absolute atomic E-state index is 13.3. The Kier molecular flexibility index (Phi) is 5.72. The van der Waals surface area contributed by atoms with Gasteiger partial charge in [-0.25, -0.2) is 9.97 Å². The van der Waals surface area contributed by atoms with Gasteiger partial charge < -0.3 is 4.57 Å². The number of rotatable bonds is 3. The number of alkyl halides is 3. The molecule has 0 aliphatic carbocycles. The lowest BCUT2D eigenvalue weighted by atomic mass is 9.97. The largest absolute Gasteiger partial charge is 0.416 e. The van der Waals surface area contributed by atoms with Crippen LogP contribution in [0.15, 0.2) is 35.5 Å². The van der Waals surface area contributed by atoms with Crippen molar-refractivity contribution in [1.29, 1.82) is 0 Å². The summed E-state index contributed by atoms with van der Waals surface area (Å²) in [4.78, 5) is 13.5. The van der Waals surface area contributed by atoms with Crippen LogP contribution in [0.25, 0.3) is 10.9 Å². The summed E-state index contributed by atoms with van der Waals surface area (Å²) in [5.74, 6) is 0.739. The Morgan fingerprint density at radius 1 is 1.14 bits per heavy atom. The quantitative estimate of drug-likeness (QED) is 0.488. The number of hydrogen-bond acceptors (Lipinski definition) is 3. The molecule has 0 aliphatic rings. The van der Waals surface area contributed by atoms with Crippen molar-refractivity contribution in [2.24, 2.45) is 4.99 Å². The first-order chi connectivity index (χ1) is 13.5. The van der Waals surface area contributed by atoms with E-state index in [2.05, 4.69) is 15.0 Å². The van der Waals surface area contributed by atoms with Crippen molar-refractivity contribution in [3.05, 3.63) is 63.6 Å². The number of halogens is 4. The van der Waals surface area contributed by atoms with Gasteiger partial charge in [0.25, 0.3) is 0 Å². The summed E-state index contributed by atoms with van der Waals surface area (Å²) in [5.41, 5.74) is 1.29. The lowest BCUT2D eigenvalue weighted by Crippen LogP contribution is -2.20. The van der Waals surface area contributed by atoms with E-state index >= 15 is 0 Å². The zero-order chi connectivity index (χ0) is 21.5. The van der Waals surface area contributed by atoms with Crippen LogP contribution in [-0.4, -0.2) is 14.5 Å². The molecule has 0 saturated carbocycles. The smallest absolute Gasteiger partial charge is 0.326 e. The maximum atomic E-state index is 13.3. The molecule has 3 rings (SSSR count). The van der Waals surface area contributed by atoms with E-state index in [1.54, 1.807) is 25.3 Å². The van der Waals surface area contributed by atoms with Gasteiger partial charge in [-0.05, 0) is 57.9 Å². The molecule has 0 fully saturated rings. The first-order valence-electron chi connectivity index (χ1n) is 9.25. The number of benzene rings is 1. The average molecular weight is 423 g/mol. The second-order valence-electron chi connectivity index (χ2n) is 7.29. The van der Waals surface area contributed by atoms with Gasteiger partial charge >= 0.3 is 6.18 Å². The van der Waals surface area contributed by atoms with Crippen molar-refractivity contribution in [3.63, 3.8) is 0 Å². The number of fused-ring (bicyclic) bond motifs is 1. The fourth-order valence-electron chi connectivity index (χ4n) is 3.65. The zero-order valence-corrected chi connectivity index (χ0v) is 17.6. The average Bonchev–Trinajstić information content (AvgIpc) is 2.61. The molecule has 8 heteroatoms. The highest BCUT2D eigenvalue weighted by Crippen LogP contribution is 2.35. The van der Waals surface area contributed by atoms with Crippen LogP contribution < -0.4 is 5.49 Å². The number of pyridine rings is 1. The Bertz CT molecular complexity index is 1130. The third-order valence-electron chi connectivity index (χ3n) is 4.93. The summed E-state index contributed by atoms with van der Waals surface area (Å²) in [6.45, 7) is 9.17. The Hall–Kier alpha value is -2.41. The second-order valence-corrected chi connectivity index (χ2v) is 7.68. The van der Waals surface area contributed by atoms with Gasteiger partial charge in [-0.1, -0.05) is 23.7 Å². The predicted molar refractivity (Wildman–Crippen MR) is 108 cm³/mol. The summed E-state index contributed by atoms with van der Waals surface area (Å²) in [6.07, 6.45) is -2.73. The SMILES string of the molecule is Cc1c(C(C)N=c2nc(C)n(C(C)C)c3cnc(Cl)cc23)cccc1C(F)(F)F. The number of hydrogen-bond donors (Lipinski definition) is 0. The van der Waals surface area contributed by atoms with E-state index in [1.165, 1.54) is 13.0 Å². The molecule has 0 bridgehead atoms. The van der Waals surface area contributed by atoms with Crippen LogP contribution in [0, 0.1) is 13.8 Å². The normalized spacial score (nSPS) is 14.1. The Balaban J connectivity index is 2.24. The maximum Gasteiger partial charge on any atom is 0.416 e. The lowest BCUT2D eigenvalue weighted by Gasteiger charge is -2.19. The van der Waals surface area contributed by atoms with Gasteiger partial charge in [0.15, 0.2) is 5.49 Å². The molecule has 3 aromatic rings. The van der Waals surface area contributed by atoms with Crippen molar-refractivity contribution >= 4 is 22.5 Å². The molecule has 154 valence electrons. The Morgan fingerprint density at radius 3 is 2.45 bits per heavy atom. The molecule has 0 amide bonds. The second kappa shape index (κ2) is 7.78. The Labute approximate surface area is 172 Å². The predicted octanol–water partition coefficient (Wildman–Crippen LogP) is 5.96. The molecule has 4 nitrogen and oxygen atoms in total. The number of aryl methyl sites for hydroxylation is 1. The van der Waals surface area contributed by atoms with Crippen LogP contribution in [-0.2, 0) is 6.18 Å². The van der Waals surface area contributed by atoms with Crippen molar-refractivity contribution in [1.82, 2.24) is 14.5 Å². The highest BCUT2D eigenvalue weighted by molar-refractivity contribution is 6.30. The molecule has 1 atom stereocenters. The molecule has 0 radical (unpaired) electrons. The van der Waals surface area contributed by atoms with E-state index in [-0.39, 0.29) is 11.6 Å². The first-order valence-corrected chi connectivity index (χ1v) is 9.63. The van der Waals surface area contributed by atoms with Gasteiger partial charge in [0, 0.05) is 11.4 Å². The van der Waals surface area contributed by atoms with E-state index in [0.29, 0.717) is 21.6 Å². The molecule has 1 aromatic carbocycles. The minimum absolute atomic E-state index is 0.144. The molecule has 2 heterocycles. The van der Waals surface area contributed by atoms with Crippen LogP contribution in [0.1, 0.15) is 55.4 Å². The summed E-state index contributed by atoms with van der Waals surface area (Å²) < 4.78 is 41.9. The van der Waals surface area contributed by atoms with Crippen LogP contribution >= 0.6 is 11.6 Å². The van der Waals surface area contributed by atoms with E-state index in [4.69, 9.17) is 11.6 Å². The minimum atomic E-state index is -4.41. The zero-order valence-electron chi connectivity index (χ0n) is 16.8. The highest BCUT2D eigenvalue weighted by atomic mass is 35.5. The van der Waals surface area contributed by atoms with Crippen molar-refractivity contribution in [2.75, 3.05) is 0 Å². The molecule has 0 N–H and O–H groups in total. The van der Waals surface area contributed by atoms with Crippen LogP contribution in [0.2, 0.25) is 5.15 Å². The molecule has 29 heavy (non-hydrogen) atoms. The molecule has 1 unspecified atom stereocenters. The molecular formula is C21H22ClF3N4. The molecular weight excluding hydrogens is 401 g/mol. The van der Waals surface area contributed by atoms with Crippen molar-refractivity contribution in [2.45, 2.75) is 52.9 Å². The summed E-state index contributed by atoms with van der Waals surface area (Å²) in [5, 5.41) is 1.01. The van der Waals surface area contributed by atoms with Crippen molar-refractivity contribution < 1.29 is 13.2 Å². The van der Waals surface area contributed by atoms with E-state index in [0.717, 1.165) is 17.4 Å². The lowest BCUT2D eigenvalue weighted by molar-refractivity contribution is -0.138. The summed E-state index contributed by atoms with van der Waals surface area (Å²) in [7, 11) is 0. The third-order valence-corrected chi connectivity index (χ3v) is 5.14. The van der Waals surface area contributed by atoms with Gasteiger partial charge in [0.1, 0.15) is 11.0 Å². The fraction of sp³-hybridized carbons (Fsp3) is 0.381. The monoisotopic (exact) mass is 422 g/mol. The minimum Gasteiger partial charge on any atom is -0.326 e. The number of nitrogens with zero attached hydrogens (tertiary/aromatic N) is 4. The third kappa shape index (κ3) is 4.15. The van der Waals surface area contributed by atoms with E-state index in [1.807, 2.05) is 25.3 Å². The van der Waals surface area contributed by atoms with Crippen LogP contribution in [0.3, 0.4) is 0 Å². The van der Waals surface area contributed by atoms with Crippen LogP contribution in [0.4, 0.5) is 13.2 Å². The summed E-state index contributed by atoms with van der Waals surface area (Å²) >= 11 is 6.10. The van der Waals surface area contributed by atoms with E-state index < -0.39 is 17.8 Å². The Morgan fingerprint density at radius 2 is 1.83 bits per heavy atom. The standard InChI is InChI=1S/C21H22ClF3N4/c1-11(2)29-14(5)28-20(16-9-19(22)26-10-18(16)29)27-13(4)15-7-6-8-17(12(15)3)21(23,24)25/h6-11,13H,1-5H3. The molecule has 0 aliphatic heterocycles. The molecule has 0 spiro atoms. The van der Waals surface area contributed by atoms with Gasteiger partial charge in [-0.15, -0.1) is 0 Å². The van der Waals surface area contributed by atoms with Gasteiger partial charge in [0.2, 0.25) is 0 Å². The molecule has 2 aromatic heterocycles. The van der Waals surface area contributed by atoms with Gasteiger partial charge in [-0.3, -0.25) is 4.99 Å².